The summed E-state index contributed by atoms with van der Waals surface area (Å²) < 4.78 is 4.89. The Bertz CT molecular complexity index is 519. The molecule has 0 N–H and O–H groups in total. The van der Waals surface area contributed by atoms with Gasteiger partial charge >= 0.3 is 5.97 Å². The van der Waals surface area contributed by atoms with Crippen molar-refractivity contribution in [1.29, 1.82) is 5.26 Å². The van der Waals surface area contributed by atoms with E-state index in [1.807, 2.05) is 30.3 Å². The molecule has 0 fully saturated rings. The smallest absolute Gasteiger partial charge is 0.308 e. The Morgan fingerprint density at radius 1 is 1.26 bits per heavy atom. The van der Waals surface area contributed by atoms with Gasteiger partial charge in [0, 0.05) is 12.5 Å². The van der Waals surface area contributed by atoms with Gasteiger partial charge < -0.3 is 4.74 Å². The lowest BCUT2D eigenvalue weighted by Crippen LogP contribution is -2.00. The number of carbonyl (C=O) groups is 1. The molecule has 0 saturated carbocycles. The Kier molecular flexibility index (Phi) is 5.32. The van der Waals surface area contributed by atoms with Crippen LogP contribution in [0, 0.1) is 17.2 Å². The van der Waals surface area contributed by atoms with Crippen molar-refractivity contribution in [2.75, 3.05) is 0 Å². The van der Waals surface area contributed by atoms with Gasteiger partial charge in [-0.2, -0.15) is 5.26 Å². The molecule has 0 aliphatic rings. The summed E-state index contributed by atoms with van der Waals surface area (Å²) in [7, 11) is 0. The SMILES string of the molecule is CC(=O)O/C(C#N)=C(\C)c1ccc(CC(C)C)cc1. The molecule has 0 atom stereocenters. The van der Waals surface area contributed by atoms with Gasteiger partial charge in [0.25, 0.3) is 0 Å². The molecule has 1 rings (SSSR count). The maximum Gasteiger partial charge on any atom is 0.308 e. The number of nitriles is 1. The van der Waals surface area contributed by atoms with E-state index in [-0.39, 0.29) is 5.76 Å². The third-order valence-electron chi connectivity index (χ3n) is 2.72. The zero-order valence-corrected chi connectivity index (χ0v) is 11.9. The first-order valence-corrected chi connectivity index (χ1v) is 6.32. The number of ether oxygens (including phenoxy) is 1. The minimum Gasteiger partial charge on any atom is -0.415 e. The molecule has 0 aromatic heterocycles. The third-order valence-corrected chi connectivity index (χ3v) is 2.72. The summed E-state index contributed by atoms with van der Waals surface area (Å²) in [6, 6.07) is 9.91. The molecule has 0 aliphatic heterocycles. The number of carbonyl (C=O) groups excluding carboxylic acids is 1. The van der Waals surface area contributed by atoms with Crippen LogP contribution in [-0.4, -0.2) is 5.97 Å². The van der Waals surface area contributed by atoms with Crippen LogP contribution in [0.25, 0.3) is 5.57 Å². The van der Waals surface area contributed by atoms with Gasteiger partial charge in [0.1, 0.15) is 6.07 Å². The van der Waals surface area contributed by atoms with Crippen LogP contribution in [0.15, 0.2) is 30.0 Å². The Balaban J connectivity index is 2.99. The van der Waals surface area contributed by atoms with Gasteiger partial charge in [-0.15, -0.1) is 0 Å². The second-order valence-electron chi connectivity index (χ2n) is 4.95. The summed E-state index contributed by atoms with van der Waals surface area (Å²) in [5.41, 5.74) is 2.83. The molecule has 100 valence electrons. The normalized spacial score (nSPS) is 11.8. The van der Waals surface area contributed by atoms with Crippen molar-refractivity contribution < 1.29 is 9.53 Å². The number of benzene rings is 1. The molecule has 0 aliphatic carbocycles. The predicted molar refractivity (Wildman–Crippen MR) is 75.0 cm³/mol. The van der Waals surface area contributed by atoms with Crippen LogP contribution < -0.4 is 0 Å². The van der Waals surface area contributed by atoms with E-state index < -0.39 is 5.97 Å². The van der Waals surface area contributed by atoms with E-state index in [2.05, 4.69) is 13.8 Å². The maximum atomic E-state index is 10.9. The van der Waals surface area contributed by atoms with Crippen LogP contribution in [0.5, 0.6) is 0 Å². The molecule has 3 heteroatoms. The van der Waals surface area contributed by atoms with E-state index in [4.69, 9.17) is 10.00 Å². The fraction of sp³-hybridized carbons (Fsp3) is 0.375. The minimum atomic E-state index is -0.479. The van der Waals surface area contributed by atoms with Gasteiger partial charge in [0.15, 0.2) is 0 Å². The van der Waals surface area contributed by atoms with Crippen LogP contribution in [0.4, 0.5) is 0 Å². The molecule has 1 aromatic rings. The van der Waals surface area contributed by atoms with Crippen molar-refractivity contribution in [2.45, 2.75) is 34.1 Å². The molecule has 3 nitrogen and oxygen atoms in total. The second-order valence-corrected chi connectivity index (χ2v) is 4.95. The molecular weight excluding hydrogens is 238 g/mol. The number of rotatable bonds is 4. The Hall–Kier alpha value is -2.08. The first-order valence-electron chi connectivity index (χ1n) is 6.32. The van der Waals surface area contributed by atoms with Crippen LogP contribution in [0.1, 0.15) is 38.8 Å². The molecule has 0 heterocycles. The lowest BCUT2D eigenvalue weighted by atomic mass is 9.99. The Morgan fingerprint density at radius 3 is 2.26 bits per heavy atom. The number of hydrogen-bond acceptors (Lipinski definition) is 3. The minimum absolute atomic E-state index is 0.0594. The van der Waals surface area contributed by atoms with Gasteiger partial charge in [0.2, 0.25) is 5.76 Å². The van der Waals surface area contributed by atoms with Gasteiger partial charge in [0.05, 0.1) is 0 Å². The first-order chi connectivity index (χ1) is 8.93. The first kappa shape index (κ1) is 15.0. The van der Waals surface area contributed by atoms with Crippen molar-refractivity contribution in [1.82, 2.24) is 0 Å². The molecule has 19 heavy (non-hydrogen) atoms. The predicted octanol–water partition coefficient (Wildman–Crippen LogP) is 3.70. The molecular formula is C16H19NO2. The highest BCUT2D eigenvalue weighted by atomic mass is 16.5. The average molecular weight is 257 g/mol. The molecule has 0 amide bonds. The van der Waals surface area contributed by atoms with Crippen LogP contribution >= 0.6 is 0 Å². The third kappa shape index (κ3) is 4.59. The van der Waals surface area contributed by atoms with Gasteiger partial charge in [-0.3, -0.25) is 4.79 Å². The summed E-state index contributed by atoms with van der Waals surface area (Å²) >= 11 is 0. The van der Waals surface area contributed by atoms with Crippen molar-refractivity contribution in [2.24, 2.45) is 5.92 Å². The van der Waals surface area contributed by atoms with Crippen molar-refractivity contribution in [3.63, 3.8) is 0 Å². The average Bonchev–Trinajstić information content (AvgIpc) is 2.35. The van der Waals surface area contributed by atoms with Crippen molar-refractivity contribution >= 4 is 11.5 Å². The zero-order chi connectivity index (χ0) is 14.4. The quantitative estimate of drug-likeness (QED) is 0.469. The van der Waals surface area contributed by atoms with Crippen LogP contribution in [0.2, 0.25) is 0 Å². The number of esters is 1. The van der Waals surface area contributed by atoms with E-state index in [0.29, 0.717) is 11.5 Å². The van der Waals surface area contributed by atoms with E-state index in [9.17, 15) is 4.79 Å². The molecule has 0 radical (unpaired) electrons. The molecule has 0 spiro atoms. The van der Waals surface area contributed by atoms with Gasteiger partial charge in [-0.25, -0.2) is 0 Å². The Labute approximate surface area is 114 Å². The van der Waals surface area contributed by atoms with Crippen LogP contribution in [0.3, 0.4) is 0 Å². The summed E-state index contributed by atoms with van der Waals surface area (Å²) in [6.45, 7) is 7.41. The lowest BCUT2D eigenvalue weighted by molar-refractivity contribution is -0.136. The van der Waals surface area contributed by atoms with Crippen molar-refractivity contribution in [3.8, 4) is 6.07 Å². The summed E-state index contributed by atoms with van der Waals surface area (Å²) in [4.78, 5) is 10.9. The van der Waals surface area contributed by atoms with E-state index in [1.165, 1.54) is 12.5 Å². The number of hydrogen-bond donors (Lipinski definition) is 0. The molecule has 0 bridgehead atoms. The van der Waals surface area contributed by atoms with Gasteiger partial charge in [-0.05, 0) is 30.4 Å². The van der Waals surface area contributed by atoms with Crippen LogP contribution in [-0.2, 0) is 16.0 Å². The highest BCUT2D eigenvalue weighted by Crippen LogP contribution is 2.20. The summed E-state index contributed by atoms with van der Waals surface area (Å²) in [6.07, 6.45) is 1.03. The number of nitrogens with zero attached hydrogens (tertiary/aromatic N) is 1. The summed E-state index contributed by atoms with van der Waals surface area (Å²) in [5, 5.41) is 9.00. The van der Waals surface area contributed by atoms with Crippen molar-refractivity contribution in [3.05, 3.63) is 41.2 Å². The molecule has 0 unspecified atom stereocenters. The fourth-order valence-electron chi connectivity index (χ4n) is 1.82. The largest absolute Gasteiger partial charge is 0.415 e. The zero-order valence-electron chi connectivity index (χ0n) is 11.9. The van der Waals surface area contributed by atoms with E-state index in [1.54, 1.807) is 6.92 Å². The Morgan fingerprint density at radius 2 is 1.84 bits per heavy atom. The highest BCUT2D eigenvalue weighted by Gasteiger charge is 2.08. The summed E-state index contributed by atoms with van der Waals surface area (Å²) in [5.74, 6) is 0.189. The maximum absolute atomic E-state index is 10.9. The monoisotopic (exact) mass is 257 g/mol. The highest BCUT2D eigenvalue weighted by molar-refractivity contribution is 5.74. The lowest BCUT2D eigenvalue weighted by Gasteiger charge is -2.08. The standard InChI is InChI=1S/C16H19NO2/c1-11(2)9-14-5-7-15(8-6-14)12(3)16(10-17)19-13(4)18/h5-8,11H,9H2,1-4H3/b16-12+. The van der Waals surface area contributed by atoms with E-state index in [0.717, 1.165) is 12.0 Å². The topological polar surface area (TPSA) is 50.1 Å². The fourth-order valence-corrected chi connectivity index (χ4v) is 1.82. The van der Waals surface area contributed by atoms with E-state index >= 15 is 0 Å². The molecule has 1 aromatic carbocycles. The van der Waals surface area contributed by atoms with Gasteiger partial charge in [-0.1, -0.05) is 38.1 Å². The number of allylic oxidation sites excluding steroid dienone is 2. The molecule has 0 saturated heterocycles. The second kappa shape index (κ2) is 6.75.